The fourth-order valence-corrected chi connectivity index (χ4v) is 10.5. The summed E-state index contributed by atoms with van der Waals surface area (Å²) in [6.45, 7) is 0. The molecule has 0 aliphatic heterocycles. The summed E-state index contributed by atoms with van der Waals surface area (Å²) < 4.78 is 6.56. The third-order valence-electron chi connectivity index (χ3n) is 12.9. The van der Waals surface area contributed by atoms with Crippen LogP contribution in [0.5, 0.6) is 0 Å². The Morgan fingerprint density at radius 3 is 2.05 bits per heavy atom. The van der Waals surface area contributed by atoms with Gasteiger partial charge >= 0.3 is 0 Å². The number of allylic oxidation sites excluding steroid dienone is 2. The summed E-state index contributed by atoms with van der Waals surface area (Å²) in [4.78, 5) is 2.63. The van der Waals surface area contributed by atoms with Gasteiger partial charge in [-0.15, -0.1) is 0 Å². The van der Waals surface area contributed by atoms with E-state index in [-0.39, 0.29) is 17.4 Å². The van der Waals surface area contributed by atoms with Gasteiger partial charge in [-0.05, 0) is 93.2 Å². The smallest absolute Gasteiger partial charge is 0.137 e. The van der Waals surface area contributed by atoms with Crippen LogP contribution in [0.4, 0.5) is 11.4 Å². The summed E-state index contributed by atoms with van der Waals surface area (Å²) in [6.07, 6.45) is 15.6. The molecular weight excluding hydrogens is 679 g/mol. The highest BCUT2D eigenvalue weighted by Gasteiger charge is 2.44. The van der Waals surface area contributed by atoms with Crippen molar-refractivity contribution in [2.24, 2.45) is 0 Å². The van der Waals surface area contributed by atoms with Crippen molar-refractivity contribution in [1.82, 2.24) is 0 Å². The van der Waals surface area contributed by atoms with Crippen LogP contribution >= 0.6 is 0 Å². The Bertz CT molecular complexity index is 2810. The molecule has 1 saturated carbocycles. The molecule has 1 heterocycles. The number of para-hydroxylation sites is 1. The number of benzene rings is 7. The maximum absolute atomic E-state index is 6.56. The van der Waals surface area contributed by atoms with Crippen LogP contribution in [0.2, 0.25) is 0 Å². The molecule has 8 aromatic rings. The molecule has 2 unspecified atom stereocenters. The Hall–Kier alpha value is -6.38. The maximum atomic E-state index is 6.56. The zero-order chi connectivity index (χ0) is 37.1. The quantitative estimate of drug-likeness (QED) is 0.170. The number of hydrogen-bond donors (Lipinski definition) is 0. The van der Waals surface area contributed by atoms with Crippen molar-refractivity contribution < 1.29 is 4.42 Å². The minimum atomic E-state index is -0.0200. The van der Waals surface area contributed by atoms with Gasteiger partial charge in [0.25, 0.3) is 0 Å². The molecule has 0 N–H and O–H groups in total. The van der Waals surface area contributed by atoms with Crippen LogP contribution in [-0.4, -0.2) is 6.04 Å². The SMILES string of the molecule is C1=CC(c2ccccc2-c2ccccc2-c2ccccc2)C(N(c2ccc3c(c2)C2(CCCCC2)c2ccccc2-3)c2cccc3oc4ccccc4c23)C=C1. The van der Waals surface area contributed by atoms with Crippen molar-refractivity contribution >= 4 is 33.3 Å². The number of furan rings is 1. The molecule has 7 aromatic carbocycles. The second-order valence-corrected chi connectivity index (χ2v) is 15.8. The van der Waals surface area contributed by atoms with Crippen LogP contribution in [0.15, 0.2) is 193 Å². The monoisotopic (exact) mass is 721 g/mol. The molecule has 270 valence electrons. The molecule has 56 heavy (non-hydrogen) atoms. The topological polar surface area (TPSA) is 16.4 Å². The van der Waals surface area contributed by atoms with E-state index in [1.165, 1.54) is 87.9 Å². The Balaban J connectivity index is 1.14. The first-order chi connectivity index (χ1) is 27.8. The predicted octanol–water partition coefficient (Wildman–Crippen LogP) is 14.6. The van der Waals surface area contributed by atoms with Crippen LogP contribution in [0.1, 0.15) is 54.7 Å². The highest BCUT2D eigenvalue weighted by molar-refractivity contribution is 6.12. The summed E-state index contributed by atoms with van der Waals surface area (Å²) in [5.74, 6) is 0.0579. The van der Waals surface area contributed by atoms with Gasteiger partial charge in [-0.1, -0.05) is 177 Å². The first kappa shape index (κ1) is 33.0. The number of rotatable bonds is 6. The highest BCUT2D eigenvalue weighted by atomic mass is 16.3. The molecule has 0 amide bonds. The Morgan fingerprint density at radius 1 is 0.500 bits per heavy atom. The molecule has 0 radical (unpaired) electrons. The van der Waals surface area contributed by atoms with Crippen molar-refractivity contribution in [3.8, 4) is 33.4 Å². The van der Waals surface area contributed by atoms with Gasteiger partial charge in [0.15, 0.2) is 0 Å². The van der Waals surface area contributed by atoms with E-state index in [2.05, 4.69) is 193 Å². The first-order valence-corrected chi connectivity index (χ1v) is 20.3. The average molecular weight is 722 g/mol. The summed E-state index contributed by atoms with van der Waals surface area (Å²) in [7, 11) is 0. The highest BCUT2D eigenvalue weighted by Crippen LogP contribution is 2.57. The van der Waals surface area contributed by atoms with E-state index in [1.54, 1.807) is 0 Å². The number of anilines is 2. The van der Waals surface area contributed by atoms with Crippen LogP contribution in [0.3, 0.4) is 0 Å². The summed E-state index contributed by atoms with van der Waals surface area (Å²) in [5, 5.41) is 2.30. The Kier molecular flexibility index (Phi) is 7.91. The fraction of sp³-hybridized carbons (Fsp3) is 0.148. The molecule has 0 saturated heterocycles. The lowest BCUT2D eigenvalue weighted by molar-refractivity contribution is 0.353. The van der Waals surface area contributed by atoms with Gasteiger partial charge in [-0.2, -0.15) is 0 Å². The van der Waals surface area contributed by atoms with Crippen LogP contribution in [0, 0.1) is 0 Å². The van der Waals surface area contributed by atoms with E-state index in [1.807, 2.05) is 0 Å². The second kappa shape index (κ2) is 13.4. The van der Waals surface area contributed by atoms with Crippen molar-refractivity contribution in [2.75, 3.05) is 4.90 Å². The molecule has 2 atom stereocenters. The first-order valence-electron chi connectivity index (χ1n) is 20.3. The van der Waals surface area contributed by atoms with E-state index in [9.17, 15) is 0 Å². The van der Waals surface area contributed by atoms with E-state index in [0.29, 0.717) is 0 Å². The lowest BCUT2D eigenvalue weighted by atomic mass is 9.68. The van der Waals surface area contributed by atoms with E-state index in [4.69, 9.17) is 4.42 Å². The van der Waals surface area contributed by atoms with Gasteiger partial charge in [0, 0.05) is 22.4 Å². The minimum absolute atomic E-state index is 0.0200. The minimum Gasteiger partial charge on any atom is -0.456 e. The standard InChI is InChI=1S/C54H43NO/c1-3-18-37(19-4-1)39-20-5-6-21-40(39)41-22-7-8-23-42(41)45-25-10-13-28-49(45)55(50-29-17-31-52-53(50)46-26-11-14-30-51(46)56-52)38-32-33-44-43-24-9-12-27-47(43)54(48(44)36-38)34-15-2-16-35-54/h1,3-14,17-33,36,45,49H,2,15-16,34-35H2. The molecule has 3 aliphatic carbocycles. The van der Waals surface area contributed by atoms with Gasteiger partial charge in [0.2, 0.25) is 0 Å². The van der Waals surface area contributed by atoms with Crippen LogP contribution < -0.4 is 4.90 Å². The Labute approximate surface area is 329 Å². The normalized spacial score (nSPS) is 18.0. The van der Waals surface area contributed by atoms with Gasteiger partial charge in [0.05, 0.1) is 17.1 Å². The number of nitrogens with zero attached hydrogens (tertiary/aromatic N) is 1. The second-order valence-electron chi connectivity index (χ2n) is 15.8. The van der Waals surface area contributed by atoms with Crippen LogP contribution in [-0.2, 0) is 5.41 Å². The van der Waals surface area contributed by atoms with Crippen molar-refractivity contribution in [3.05, 3.63) is 205 Å². The van der Waals surface area contributed by atoms with Crippen molar-refractivity contribution in [1.29, 1.82) is 0 Å². The van der Waals surface area contributed by atoms with Crippen molar-refractivity contribution in [2.45, 2.75) is 49.5 Å². The number of hydrogen-bond acceptors (Lipinski definition) is 2. The van der Waals surface area contributed by atoms with Crippen molar-refractivity contribution in [3.63, 3.8) is 0 Å². The summed E-state index contributed by atoms with van der Waals surface area (Å²) >= 11 is 0. The lowest BCUT2D eigenvalue weighted by Crippen LogP contribution is -2.36. The molecular formula is C54H43NO. The summed E-state index contributed by atoms with van der Waals surface area (Å²) in [5.41, 5.74) is 16.4. The summed E-state index contributed by atoms with van der Waals surface area (Å²) in [6, 6.07) is 60.4. The molecule has 0 bridgehead atoms. The molecule has 1 spiro atoms. The van der Waals surface area contributed by atoms with Gasteiger partial charge < -0.3 is 9.32 Å². The average Bonchev–Trinajstić information content (AvgIpc) is 3.78. The van der Waals surface area contributed by atoms with E-state index >= 15 is 0 Å². The third kappa shape index (κ3) is 5.16. The zero-order valence-corrected chi connectivity index (χ0v) is 31.4. The molecule has 11 rings (SSSR count). The Morgan fingerprint density at radius 2 is 1.18 bits per heavy atom. The molecule has 3 aliphatic rings. The molecule has 2 nitrogen and oxygen atoms in total. The predicted molar refractivity (Wildman–Crippen MR) is 234 cm³/mol. The number of fused-ring (bicyclic) bond motifs is 8. The molecule has 1 fully saturated rings. The lowest BCUT2D eigenvalue weighted by Gasteiger charge is -2.40. The zero-order valence-electron chi connectivity index (χ0n) is 31.4. The largest absolute Gasteiger partial charge is 0.456 e. The van der Waals surface area contributed by atoms with E-state index < -0.39 is 0 Å². The van der Waals surface area contributed by atoms with Gasteiger partial charge in [-0.25, -0.2) is 0 Å². The molecule has 2 heteroatoms. The third-order valence-corrected chi connectivity index (χ3v) is 12.9. The van der Waals surface area contributed by atoms with Crippen LogP contribution in [0.25, 0.3) is 55.3 Å². The fourth-order valence-electron chi connectivity index (χ4n) is 10.5. The van der Waals surface area contributed by atoms with Gasteiger partial charge in [-0.3, -0.25) is 0 Å². The van der Waals surface area contributed by atoms with Gasteiger partial charge in [0.1, 0.15) is 11.2 Å². The molecule has 1 aromatic heterocycles. The van der Waals surface area contributed by atoms with E-state index in [0.717, 1.165) is 27.6 Å². The maximum Gasteiger partial charge on any atom is 0.137 e.